The summed E-state index contributed by atoms with van der Waals surface area (Å²) in [4.78, 5) is 99.9. The first-order valence-electron chi connectivity index (χ1n) is 20.9. The molecule has 1 aliphatic rings. The molecule has 0 aliphatic carbocycles. The Morgan fingerprint density at radius 2 is 1.42 bits per heavy atom. The molecule has 0 unspecified atom stereocenters. The van der Waals surface area contributed by atoms with E-state index in [4.69, 9.17) is 9.47 Å². The third kappa shape index (κ3) is 14.2. The van der Waals surface area contributed by atoms with E-state index in [-0.39, 0.29) is 24.3 Å². The maximum absolute atomic E-state index is 14.2. The number of benzene rings is 1. The van der Waals surface area contributed by atoms with Crippen LogP contribution in [0.4, 0.5) is 0 Å². The molecule has 1 aromatic carbocycles. The molecule has 0 aromatic heterocycles. The average molecular weight is 828 g/mol. The largest absolute Gasteiger partial charge is 0.460 e. The van der Waals surface area contributed by atoms with Crippen LogP contribution in [0.25, 0.3) is 0 Å². The van der Waals surface area contributed by atoms with Gasteiger partial charge in [-0.3, -0.25) is 24.0 Å². The zero-order chi connectivity index (χ0) is 44.7. The number of aliphatic hydroxyl groups is 1. The minimum absolute atomic E-state index is 0.0141. The molecule has 2 rings (SSSR count). The monoisotopic (exact) mass is 828 g/mol. The lowest BCUT2D eigenvalue weighted by molar-refractivity contribution is -0.163. The summed E-state index contributed by atoms with van der Waals surface area (Å²) in [6, 6.07) is 4.69. The van der Waals surface area contributed by atoms with Gasteiger partial charge in [0.1, 0.15) is 30.3 Å². The summed E-state index contributed by atoms with van der Waals surface area (Å²) in [6.07, 6.45) is 0.625. The summed E-state index contributed by atoms with van der Waals surface area (Å²) < 4.78 is 11.6. The van der Waals surface area contributed by atoms with E-state index < -0.39 is 102 Å². The Bertz CT molecular complexity index is 1640. The molecule has 1 heterocycles. The molecule has 330 valence electrons. The molecule has 15 nitrogen and oxygen atoms in total. The predicted octanol–water partition coefficient (Wildman–Crippen LogP) is 3.41. The highest BCUT2D eigenvalue weighted by molar-refractivity contribution is 5.96. The van der Waals surface area contributed by atoms with Crippen molar-refractivity contribution in [2.24, 2.45) is 17.8 Å². The Kier molecular flexibility index (Phi) is 20.2. The normalized spacial score (nSPS) is 29.1. The van der Waals surface area contributed by atoms with Crippen LogP contribution >= 0.6 is 0 Å². The molecule has 0 spiro atoms. The zero-order valence-electron chi connectivity index (χ0n) is 37.2. The maximum atomic E-state index is 14.2. The number of carbonyl (C=O) groups is 7. The lowest BCUT2D eigenvalue weighted by atomic mass is 9.92. The van der Waals surface area contributed by atoms with Gasteiger partial charge in [-0.25, -0.2) is 9.59 Å². The number of nitrogens with zero attached hydrogens (tertiary/aromatic N) is 3. The molecular weight excluding hydrogens is 759 g/mol. The van der Waals surface area contributed by atoms with Gasteiger partial charge in [0.2, 0.25) is 23.6 Å². The van der Waals surface area contributed by atoms with Gasteiger partial charge in [0, 0.05) is 45.0 Å². The van der Waals surface area contributed by atoms with Crippen LogP contribution in [0.1, 0.15) is 100.0 Å². The van der Waals surface area contributed by atoms with E-state index in [1.165, 1.54) is 62.7 Å². The topological polar surface area (TPSA) is 192 Å². The van der Waals surface area contributed by atoms with Gasteiger partial charge < -0.3 is 39.9 Å². The van der Waals surface area contributed by atoms with E-state index in [1.54, 1.807) is 32.9 Å². The van der Waals surface area contributed by atoms with Gasteiger partial charge >= 0.3 is 11.9 Å². The Morgan fingerprint density at radius 1 is 0.814 bits per heavy atom. The van der Waals surface area contributed by atoms with Crippen molar-refractivity contribution in [1.29, 1.82) is 0 Å². The molecule has 0 saturated heterocycles. The van der Waals surface area contributed by atoms with Crippen molar-refractivity contribution in [3.63, 3.8) is 0 Å². The summed E-state index contributed by atoms with van der Waals surface area (Å²) in [5, 5.41) is 16.7. The maximum Gasteiger partial charge on any atom is 0.334 e. The predicted molar refractivity (Wildman–Crippen MR) is 223 cm³/mol. The number of likely N-dealkylation sites (N-methyl/N-ethyl adjacent to an activating group) is 3. The van der Waals surface area contributed by atoms with E-state index >= 15 is 0 Å². The molecule has 15 heteroatoms. The fourth-order valence-electron chi connectivity index (χ4n) is 6.72. The molecule has 59 heavy (non-hydrogen) atoms. The van der Waals surface area contributed by atoms with Crippen molar-refractivity contribution in [3.05, 3.63) is 47.5 Å². The Balaban J connectivity index is 2.63. The summed E-state index contributed by atoms with van der Waals surface area (Å²) in [5.41, 5.74) is 0.891. The number of esters is 2. The van der Waals surface area contributed by atoms with Crippen LogP contribution in [0.15, 0.2) is 42.0 Å². The number of rotatable bonds is 8. The third-order valence-corrected chi connectivity index (χ3v) is 11.6. The number of hydrogen-bond acceptors (Lipinski definition) is 10. The van der Waals surface area contributed by atoms with Gasteiger partial charge in [0.05, 0.1) is 12.6 Å². The van der Waals surface area contributed by atoms with Crippen molar-refractivity contribution in [1.82, 2.24) is 25.3 Å². The van der Waals surface area contributed by atoms with Crippen molar-refractivity contribution in [3.8, 4) is 0 Å². The van der Waals surface area contributed by atoms with E-state index in [2.05, 4.69) is 10.6 Å². The molecule has 1 aromatic rings. The molecule has 3 N–H and O–H groups in total. The molecule has 1 aliphatic heterocycles. The number of nitrogens with one attached hydrogen (secondary N) is 2. The van der Waals surface area contributed by atoms with Gasteiger partial charge in [-0.15, -0.1) is 0 Å². The van der Waals surface area contributed by atoms with Gasteiger partial charge in [0.15, 0.2) is 6.10 Å². The van der Waals surface area contributed by atoms with Crippen LogP contribution < -0.4 is 10.6 Å². The molecular formula is C44H69N5O10. The first-order chi connectivity index (χ1) is 27.7. The lowest BCUT2D eigenvalue weighted by Gasteiger charge is -2.34. The number of ether oxygens (including phenoxy) is 2. The summed E-state index contributed by atoms with van der Waals surface area (Å²) in [6.45, 7) is 14.9. The van der Waals surface area contributed by atoms with Crippen LogP contribution in [0.3, 0.4) is 0 Å². The Labute approximate surface area is 350 Å². The van der Waals surface area contributed by atoms with Gasteiger partial charge in [-0.2, -0.15) is 0 Å². The average Bonchev–Trinajstić information content (AvgIpc) is 3.22. The SMILES string of the molecule is CCC[C@H]1OC(=O)[C@H](C)N(C)C(=O)[C@H]([C@@H](C)CC)NC(=O)CN(C)C(=O)[C@@H](Cc2ccccc2)N(C)C(=O)[C@H](C)NC(=O)[C@@H]([C@@H](C)CC)OC(=O)/C(C)=C\C[C@H](O)[C@@H]1C. The molecule has 0 radical (unpaired) electrons. The van der Waals surface area contributed by atoms with Gasteiger partial charge in [-0.05, 0) is 51.5 Å². The second kappa shape index (κ2) is 23.7. The van der Waals surface area contributed by atoms with Crippen molar-refractivity contribution in [2.45, 2.75) is 143 Å². The molecule has 0 bridgehead atoms. The number of aliphatic hydroxyl groups excluding tert-OH is 1. The van der Waals surface area contributed by atoms with E-state index in [0.29, 0.717) is 25.7 Å². The van der Waals surface area contributed by atoms with Gasteiger partial charge in [-0.1, -0.05) is 90.8 Å². The second-order valence-corrected chi connectivity index (χ2v) is 16.2. The highest BCUT2D eigenvalue weighted by Crippen LogP contribution is 2.23. The van der Waals surface area contributed by atoms with E-state index in [1.807, 2.05) is 39.0 Å². The highest BCUT2D eigenvalue weighted by Gasteiger charge is 2.38. The minimum atomic E-state index is -1.26. The Morgan fingerprint density at radius 3 is 2.00 bits per heavy atom. The number of amides is 5. The molecule has 0 saturated carbocycles. The minimum Gasteiger partial charge on any atom is -0.460 e. The molecule has 10 atom stereocenters. The second-order valence-electron chi connectivity index (χ2n) is 16.2. The fourth-order valence-corrected chi connectivity index (χ4v) is 6.72. The van der Waals surface area contributed by atoms with Crippen LogP contribution in [-0.2, 0) is 49.5 Å². The van der Waals surface area contributed by atoms with E-state index in [9.17, 15) is 38.7 Å². The van der Waals surface area contributed by atoms with Crippen molar-refractivity contribution < 1.29 is 48.1 Å². The summed E-state index contributed by atoms with van der Waals surface area (Å²) >= 11 is 0. The van der Waals surface area contributed by atoms with Crippen LogP contribution in [0, 0.1) is 17.8 Å². The molecule has 5 amide bonds. The summed E-state index contributed by atoms with van der Waals surface area (Å²) in [7, 11) is 4.32. The summed E-state index contributed by atoms with van der Waals surface area (Å²) in [5.74, 6) is -5.84. The Hall–Kier alpha value is -4.79. The fraction of sp³-hybridized carbons (Fsp3) is 0.659. The standard InChI is InChI=1S/C44H69N5O10/c1-13-19-35-29(7)34(50)23-22-28(6)43(56)59-38(27(5)15-3)39(52)45-30(8)40(53)49(12)33(24-32-20-17-16-18-21-32)41(54)47(10)25-36(51)46-37(26(4)14-2)42(55)48(11)31(9)44(57)58-35/h16-18,20-22,26-27,29-31,33-35,37-38,50H,13-15,19,23-25H2,1-12H3,(H,45,52)(H,46,51)/b28-22-/t26-,27-,29-,30-,31-,33+,34-,35+,37-,38+/m0/s1. The van der Waals surface area contributed by atoms with Crippen molar-refractivity contribution >= 4 is 41.5 Å². The first kappa shape index (κ1) is 50.4. The van der Waals surface area contributed by atoms with Crippen LogP contribution in [-0.4, -0.2) is 131 Å². The smallest absolute Gasteiger partial charge is 0.334 e. The highest BCUT2D eigenvalue weighted by atomic mass is 16.6. The van der Waals surface area contributed by atoms with E-state index in [0.717, 1.165) is 5.56 Å². The van der Waals surface area contributed by atoms with Crippen molar-refractivity contribution in [2.75, 3.05) is 27.7 Å². The van der Waals surface area contributed by atoms with Crippen LogP contribution in [0.2, 0.25) is 0 Å². The zero-order valence-corrected chi connectivity index (χ0v) is 37.2. The van der Waals surface area contributed by atoms with Crippen LogP contribution in [0.5, 0.6) is 0 Å². The lowest BCUT2D eigenvalue weighted by Crippen LogP contribution is -2.58. The number of carbonyl (C=O) groups excluding carboxylic acids is 7. The third-order valence-electron chi connectivity index (χ3n) is 11.6. The molecule has 0 fully saturated rings. The first-order valence-corrected chi connectivity index (χ1v) is 20.9. The quantitative estimate of drug-likeness (QED) is 0.328. The van der Waals surface area contributed by atoms with Gasteiger partial charge in [0.25, 0.3) is 5.91 Å². The number of cyclic esters (lactones) is 2. The number of hydrogen-bond donors (Lipinski definition) is 3.